The molecule has 7 heteroatoms. The molecule has 2 aromatic rings. The molecule has 1 atom stereocenters. The number of primary amides is 1. The van der Waals surface area contributed by atoms with Gasteiger partial charge >= 0.3 is 6.03 Å². The lowest BCUT2D eigenvalue weighted by atomic mass is 10.1. The van der Waals surface area contributed by atoms with Crippen LogP contribution in [-0.4, -0.2) is 39.9 Å². The van der Waals surface area contributed by atoms with Gasteiger partial charge in [0.25, 0.3) is 0 Å². The van der Waals surface area contributed by atoms with E-state index in [1.807, 2.05) is 0 Å². The second-order valence-electron chi connectivity index (χ2n) is 4.88. The lowest BCUT2D eigenvalue weighted by molar-refractivity contribution is 0.154. The standard InChI is InChI=1S/C13H14BrN4O2/c14-10-6-16-12-9(3-5-18(12)13(15)20)11(10)17-4-1-2-8(19)7-17/h5-6,8,19H,1-2,4,7H2,(H2,15,20)/t8-/m1/s1. The Morgan fingerprint density at radius 3 is 3.10 bits per heavy atom. The lowest BCUT2D eigenvalue weighted by Gasteiger charge is -2.33. The summed E-state index contributed by atoms with van der Waals surface area (Å²) >= 11 is 3.49. The van der Waals surface area contributed by atoms with Crippen LogP contribution in [0.5, 0.6) is 0 Å². The normalized spacial score (nSPS) is 19.5. The third-order valence-electron chi connectivity index (χ3n) is 3.50. The van der Waals surface area contributed by atoms with Crippen LogP contribution >= 0.6 is 15.9 Å². The van der Waals surface area contributed by atoms with Crippen molar-refractivity contribution in [3.63, 3.8) is 0 Å². The van der Waals surface area contributed by atoms with Gasteiger partial charge in [-0.15, -0.1) is 0 Å². The predicted octanol–water partition coefficient (Wildman–Crippen LogP) is 1.49. The third kappa shape index (κ3) is 2.16. The lowest BCUT2D eigenvalue weighted by Crippen LogP contribution is -2.38. The van der Waals surface area contributed by atoms with Crippen molar-refractivity contribution in [2.45, 2.75) is 18.9 Å². The molecule has 1 saturated heterocycles. The van der Waals surface area contributed by atoms with E-state index in [2.05, 4.69) is 31.9 Å². The van der Waals surface area contributed by atoms with Gasteiger partial charge in [-0.2, -0.15) is 0 Å². The van der Waals surface area contributed by atoms with Crippen LogP contribution < -0.4 is 10.6 Å². The number of fused-ring (bicyclic) bond motifs is 1. The number of β-amino-alcohol motifs (C(OH)–C–C–N with tert-alkyl or cyclic N) is 1. The number of aromatic nitrogens is 2. The van der Waals surface area contributed by atoms with E-state index in [0.29, 0.717) is 12.2 Å². The molecule has 3 heterocycles. The third-order valence-corrected chi connectivity index (χ3v) is 4.08. The minimum atomic E-state index is -0.587. The zero-order valence-electron chi connectivity index (χ0n) is 10.7. The first-order valence-electron chi connectivity index (χ1n) is 6.38. The predicted molar refractivity (Wildman–Crippen MR) is 78.7 cm³/mol. The van der Waals surface area contributed by atoms with E-state index in [9.17, 15) is 9.90 Å². The first-order chi connectivity index (χ1) is 9.58. The number of nitrogens with two attached hydrogens (primary N) is 1. The van der Waals surface area contributed by atoms with Crippen LogP contribution in [0.25, 0.3) is 11.0 Å². The Bertz CT molecular complexity index is 670. The summed E-state index contributed by atoms with van der Waals surface area (Å²) in [5.74, 6) is 0. The second-order valence-corrected chi connectivity index (χ2v) is 5.73. The van der Waals surface area contributed by atoms with Crippen molar-refractivity contribution in [3.8, 4) is 0 Å². The number of hydrogen-bond acceptors (Lipinski definition) is 4. The van der Waals surface area contributed by atoms with E-state index in [0.717, 1.165) is 34.9 Å². The van der Waals surface area contributed by atoms with Gasteiger partial charge in [-0.3, -0.25) is 4.57 Å². The van der Waals surface area contributed by atoms with Gasteiger partial charge in [-0.05, 0) is 28.8 Å². The van der Waals surface area contributed by atoms with Gasteiger partial charge in [0.05, 0.1) is 21.7 Å². The molecule has 20 heavy (non-hydrogen) atoms. The van der Waals surface area contributed by atoms with Crippen LogP contribution in [0.2, 0.25) is 0 Å². The molecule has 3 N–H and O–H groups in total. The maximum atomic E-state index is 11.4. The fraction of sp³-hybridized carbons (Fsp3) is 0.385. The number of rotatable bonds is 1. The van der Waals surface area contributed by atoms with Crippen molar-refractivity contribution in [1.82, 2.24) is 9.55 Å². The zero-order chi connectivity index (χ0) is 14.3. The van der Waals surface area contributed by atoms with Gasteiger partial charge < -0.3 is 15.7 Å². The van der Waals surface area contributed by atoms with Gasteiger partial charge in [0.2, 0.25) is 0 Å². The van der Waals surface area contributed by atoms with E-state index in [-0.39, 0.29) is 6.10 Å². The summed E-state index contributed by atoms with van der Waals surface area (Å²) in [4.78, 5) is 17.7. The Balaban J connectivity index is 2.14. The number of aliphatic hydroxyl groups is 1. The number of pyridine rings is 1. The van der Waals surface area contributed by atoms with E-state index < -0.39 is 6.03 Å². The summed E-state index contributed by atoms with van der Waals surface area (Å²) in [7, 11) is 0. The number of aliphatic hydroxyl groups excluding tert-OH is 1. The Morgan fingerprint density at radius 1 is 1.60 bits per heavy atom. The molecule has 1 aliphatic heterocycles. The molecule has 0 aromatic carbocycles. The number of carbonyl (C=O) groups is 1. The van der Waals surface area contributed by atoms with E-state index in [4.69, 9.17) is 5.73 Å². The highest BCUT2D eigenvalue weighted by atomic mass is 79.9. The zero-order valence-corrected chi connectivity index (χ0v) is 12.3. The van der Waals surface area contributed by atoms with Crippen molar-refractivity contribution in [2.75, 3.05) is 18.0 Å². The van der Waals surface area contributed by atoms with Gasteiger partial charge in [0.15, 0.2) is 5.65 Å². The summed E-state index contributed by atoms with van der Waals surface area (Å²) in [5.41, 5.74) is 6.69. The maximum Gasteiger partial charge on any atom is 0.324 e. The number of halogens is 1. The topological polar surface area (TPSA) is 84.4 Å². The van der Waals surface area contributed by atoms with Crippen molar-refractivity contribution in [3.05, 3.63) is 22.9 Å². The Kier molecular flexibility index (Phi) is 3.39. The van der Waals surface area contributed by atoms with Crippen LogP contribution in [0.1, 0.15) is 12.8 Å². The van der Waals surface area contributed by atoms with Gasteiger partial charge in [0.1, 0.15) is 0 Å². The summed E-state index contributed by atoms with van der Waals surface area (Å²) in [6.45, 7) is 1.41. The number of hydrogen-bond donors (Lipinski definition) is 2. The SMILES string of the molecule is NC(=O)n1c[c]c2c(N3CCC[C@@H](O)C3)c(Br)cnc21. The largest absolute Gasteiger partial charge is 0.391 e. The average Bonchev–Trinajstić information content (AvgIpc) is 2.82. The molecule has 0 spiro atoms. The molecular formula is C13H14BrN4O2. The molecule has 0 saturated carbocycles. The highest BCUT2D eigenvalue weighted by Gasteiger charge is 2.23. The van der Waals surface area contributed by atoms with Crippen LogP contribution in [-0.2, 0) is 0 Å². The molecule has 1 fully saturated rings. The Labute approximate surface area is 124 Å². The minimum Gasteiger partial charge on any atom is -0.391 e. The monoisotopic (exact) mass is 337 g/mol. The van der Waals surface area contributed by atoms with Crippen molar-refractivity contribution >= 4 is 38.7 Å². The van der Waals surface area contributed by atoms with Crippen LogP contribution in [0.4, 0.5) is 10.5 Å². The number of amides is 1. The second kappa shape index (κ2) is 5.06. The molecule has 0 aliphatic carbocycles. The Hall–Kier alpha value is -1.60. The van der Waals surface area contributed by atoms with Crippen LogP contribution in [0, 0.1) is 6.07 Å². The van der Waals surface area contributed by atoms with E-state index in [1.54, 1.807) is 6.20 Å². The van der Waals surface area contributed by atoms with Crippen molar-refractivity contribution in [1.29, 1.82) is 0 Å². The summed E-state index contributed by atoms with van der Waals surface area (Å²) < 4.78 is 2.09. The molecule has 0 bridgehead atoms. The first-order valence-corrected chi connectivity index (χ1v) is 7.17. The first kappa shape index (κ1) is 13.4. The molecule has 0 unspecified atom stereocenters. The molecule has 1 amide bonds. The van der Waals surface area contributed by atoms with Crippen LogP contribution in [0.15, 0.2) is 16.9 Å². The maximum absolute atomic E-state index is 11.4. The summed E-state index contributed by atoms with van der Waals surface area (Å²) in [6.07, 6.45) is 4.54. The smallest absolute Gasteiger partial charge is 0.324 e. The number of anilines is 1. The molecule has 6 nitrogen and oxygen atoms in total. The molecule has 3 rings (SSSR count). The molecular weight excluding hydrogens is 324 g/mol. The highest BCUT2D eigenvalue weighted by molar-refractivity contribution is 9.10. The van der Waals surface area contributed by atoms with E-state index >= 15 is 0 Å². The van der Waals surface area contributed by atoms with Crippen LogP contribution in [0.3, 0.4) is 0 Å². The highest BCUT2D eigenvalue weighted by Crippen LogP contribution is 2.35. The summed E-state index contributed by atoms with van der Waals surface area (Å²) in [6, 6.07) is 2.45. The fourth-order valence-electron chi connectivity index (χ4n) is 2.61. The quantitative estimate of drug-likeness (QED) is 0.825. The van der Waals surface area contributed by atoms with Crippen molar-refractivity contribution < 1.29 is 9.90 Å². The van der Waals surface area contributed by atoms with E-state index in [1.165, 1.54) is 10.8 Å². The molecule has 1 aliphatic rings. The fourth-order valence-corrected chi connectivity index (χ4v) is 3.16. The molecule has 2 aromatic heterocycles. The molecule has 105 valence electrons. The summed E-state index contributed by atoms with van der Waals surface area (Å²) in [5, 5.41) is 10.6. The number of piperidine rings is 1. The van der Waals surface area contributed by atoms with Gasteiger partial charge in [-0.25, -0.2) is 9.78 Å². The average molecular weight is 338 g/mol. The number of carbonyl (C=O) groups excluding carboxylic acids is 1. The van der Waals surface area contributed by atoms with Gasteiger partial charge in [0, 0.05) is 31.5 Å². The molecule has 1 radical (unpaired) electrons. The van der Waals surface area contributed by atoms with Crippen molar-refractivity contribution in [2.24, 2.45) is 5.73 Å². The number of nitrogens with zero attached hydrogens (tertiary/aromatic N) is 3. The minimum absolute atomic E-state index is 0.336. The Morgan fingerprint density at radius 2 is 2.40 bits per heavy atom. The van der Waals surface area contributed by atoms with Gasteiger partial charge in [-0.1, -0.05) is 0 Å².